The van der Waals surface area contributed by atoms with Gasteiger partial charge in [0.15, 0.2) is 0 Å². The van der Waals surface area contributed by atoms with Crippen molar-refractivity contribution < 1.29 is 37.4 Å². The van der Waals surface area contributed by atoms with Gasteiger partial charge in [-0.15, -0.1) is 0 Å². The van der Waals surface area contributed by atoms with E-state index in [0.717, 1.165) is 11.6 Å². The van der Waals surface area contributed by atoms with Crippen molar-refractivity contribution >= 4 is 28.8 Å². The molecule has 12 heteroatoms. The summed E-state index contributed by atoms with van der Waals surface area (Å²) in [5.41, 5.74) is -1.00. The van der Waals surface area contributed by atoms with E-state index in [0.29, 0.717) is 23.4 Å². The molecule has 3 atom stereocenters. The van der Waals surface area contributed by atoms with Gasteiger partial charge in [0.2, 0.25) is 5.91 Å². The molecule has 5 N–H and O–H groups in total. The molecule has 3 unspecified atom stereocenters. The first-order chi connectivity index (χ1) is 19.4. The zero-order valence-electron chi connectivity index (χ0n) is 22.9. The van der Waals surface area contributed by atoms with Gasteiger partial charge in [-0.2, -0.15) is 13.2 Å². The van der Waals surface area contributed by atoms with E-state index in [9.17, 15) is 32.7 Å². The first-order valence-corrected chi connectivity index (χ1v) is 13.3. The summed E-state index contributed by atoms with van der Waals surface area (Å²) >= 11 is 0. The topological polar surface area (TPSA) is 133 Å². The summed E-state index contributed by atoms with van der Waals surface area (Å²) in [5.74, 6) is -1.70. The monoisotopic (exact) mass is 574 g/mol. The number of aliphatic carboxylic acids is 1. The highest BCUT2D eigenvalue weighted by molar-refractivity contribution is 5.94. The van der Waals surface area contributed by atoms with E-state index in [4.69, 9.17) is 4.74 Å². The van der Waals surface area contributed by atoms with Crippen LogP contribution in [0.3, 0.4) is 0 Å². The molecule has 0 saturated heterocycles. The third-order valence-corrected chi connectivity index (χ3v) is 7.76. The van der Waals surface area contributed by atoms with Crippen LogP contribution in [0.15, 0.2) is 42.5 Å². The Morgan fingerprint density at radius 2 is 1.90 bits per heavy atom. The van der Waals surface area contributed by atoms with Gasteiger partial charge in [0, 0.05) is 24.0 Å². The highest BCUT2D eigenvalue weighted by atomic mass is 19.4. The molecule has 220 valence electrons. The number of aromatic nitrogens is 1. The fraction of sp³-hybridized carbons (Fsp3) is 0.414. The predicted octanol–water partition coefficient (Wildman–Crippen LogP) is 4.54. The number of benzene rings is 2. The van der Waals surface area contributed by atoms with E-state index >= 15 is 0 Å². The summed E-state index contributed by atoms with van der Waals surface area (Å²) in [6.07, 6.45) is -4.20. The smallest absolute Gasteiger partial charge is 0.418 e. The Morgan fingerprint density at radius 1 is 1.17 bits per heavy atom. The number of para-hydroxylation sites is 1. The Kier molecular flexibility index (Phi) is 8.50. The maximum Gasteiger partial charge on any atom is 0.418 e. The number of rotatable bonds is 9. The van der Waals surface area contributed by atoms with Gasteiger partial charge in [-0.1, -0.05) is 44.5 Å². The average Bonchev–Trinajstić information content (AvgIpc) is 3.31. The molecule has 0 saturated carbocycles. The number of alkyl halides is 3. The number of H-pyrrole nitrogens is 1. The van der Waals surface area contributed by atoms with Gasteiger partial charge in [0.1, 0.15) is 17.3 Å². The maximum atomic E-state index is 13.6. The van der Waals surface area contributed by atoms with Gasteiger partial charge >= 0.3 is 18.2 Å². The number of carbonyl (C=O) groups excluding carboxylic acids is 2. The van der Waals surface area contributed by atoms with Crippen molar-refractivity contribution in [2.75, 3.05) is 7.11 Å². The second-order valence-electron chi connectivity index (χ2n) is 10.4. The number of methoxy groups -OCH3 is 1. The number of urea groups is 1. The highest BCUT2D eigenvalue weighted by Crippen LogP contribution is 2.40. The predicted molar refractivity (Wildman–Crippen MR) is 145 cm³/mol. The number of aryl methyl sites for hydroxylation is 1. The minimum Gasteiger partial charge on any atom is -0.497 e. The summed E-state index contributed by atoms with van der Waals surface area (Å²) in [7, 11) is 1.53. The fourth-order valence-corrected chi connectivity index (χ4v) is 5.22. The van der Waals surface area contributed by atoms with Crippen LogP contribution in [-0.4, -0.2) is 46.7 Å². The summed E-state index contributed by atoms with van der Waals surface area (Å²) in [4.78, 5) is 41.7. The summed E-state index contributed by atoms with van der Waals surface area (Å²) in [6.45, 7) is 3.77. The third-order valence-electron chi connectivity index (χ3n) is 7.76. The Labute approximate surface area is 234 Å². The molecule has 0 radical (unpaired) electrons. The fourth-order valence-electron chi connectivity index (χ4n) is 5.22. The SMILES string of the molecule is CCC(C)C(NC(=O)NCc1cccc(OC)c1)C(=O)NC1(C(=O)O)CCc2[nH]c3c(C(F)(F)F)cccc3c2C1. The zero-order chi connectivity index (χ0) is 29.9. The maximum absolute atomic E-state index is 13.6. The molecule has 1 aliphatic rings. The van der Waals surface area contributed by atoms with Crippen molar-refractivity contribution in [3.05, 3.63) is 64.8 Å². The molecule has 3 amide bonds. The van der Waals surface area contributed by atoms with Crippen LogP contribution in [0.4, 0.5) is 18.0 Å². The molecule has 0 aliphatic heterocycles. The van der Waals surface area contributed by atoms with E-state index in [2.05, 4.69) is 20.9 Å². The Balaban J connectivity index is 1.54. The number of carbonyl (C=O) groups is 3. The number of hydrogen-bond donors (Lipinski definition) is 5. The van der Waals surface area contributed by atoms with Gasteiger partial charge in [0.25, 0.3) is 0 Å². The summed E-state index contributed by atoms with van der Waals surface area (Å²) < 4.78 is 46.0. The number of amides is 3. The standard InChI is InChI=1S/C29H33F3N4O5/c1-4-16(2)23(35-27(40)33-15-17-7-5-8-18(13-17)41-3)25(37)36-28(26(38)39)12-11-22-20(14-28)19-9-6-10-21(24(19)34-22)29(30,31)32/h5-10,13,16,23,34H,4,11-12,14-15H2,1-3H3,(H,36,37)(H,38,39)(H2,33,35,40). The summed E-state index contributed by atoms with van der Waals surface area (Å²) in [6, 6.07) is 9.21. The van der Waals surface area contributed by atoms with Crippen LogP contribution in [-0.2, 0) is 35.2 Å². The molecule has 3 aromatic rings. The molecular formula is C29H33F3N4O5. The molecule has 2 aromatic carbocycles. The second kappa shape index (κ2) is 11.7. The van der Waals surface area contributed by atoms with Crippen molar-refractivity contribution in [1.29, 1.82) is 0 Å². The molecule has 1 aromatic heterocycles. The van der Waals surface area contributed by atoms with Gasteiger partial charge in [-0.3, -0.25) is 4.79 Å². The lowest BCUT2D eigenvalue weighted by Crippen LogP contribution is -2.63. The Hall–Kier alpha value is -4.22. The lowest BCUT2D eigenvalue weighted by Gasteiger charge is -2.36. The van der Waals surface area contributed by atoms with E-state index in [1.165, 1.54) is 19.2 Å². The van der Waals surface area contributed by atoms with E-state index < -0.39 is 41.2 Å². The second-order valence-corrected chi connectivity index (χ2v) is 10.4. The molecule has 0 spiro atoms. The number of carboxylic acid groups (broad SMARTS) is 1. The number of carboxylic acids is 1. The minimum atomic E-state index is -4.59. The van der Waals surface area contributed by atoms with Crippen LogP contribution < -0.4 is 20.7 Å². The van der Waals surface area contributed by atoms with Crippen LogP contribution in [0.2, 0.25) is 0 Å². The van der Waals surface area contributed by atoms with Crippen LogP contribution >= 0.6 is 0 Å². The first-order valence-electron chi connectivity index (χ1n) is 13.3. The number of ether oxygens (including phenoxy) is 1. The lowest BCUT2D eigenvalue weighted by molar-refractivity contribution is -0.148. The van der Waals surface area contributed by atoms with Crippen LogP contribution in [0.1, 0.15) is 49.1 Å². The van der Waals surface area contributed by atoms with Crippen molar-refractivity contribution in [3.63, 3.8) is 0 Å². The van der Waals surface area contributed by atoms with Gasteiger partial charge in [-0.25, -0.2) is 9.59 Å². The number of aromatic amines is 1. The van der Waals surface area contributed by atoms with Crippen LogP contribution in [0.25, 0.3) is 10.9 Å². The number of halogens is 3. The van der Waals surface area contributed by atoms with Gasteiger partial charge < -0.3 is 30.8 Å². The van der Waals surface area contributed by atoms with Gasteiger partial charge in [-0.05, 0) is 48.1 Å². The molecule has 0 fully saturated rings. The van der Waals surface area contributed by atoms with E-state index in [1.54, 1.807) is 31.2 Å². The van der Waals surface area contributed by atoms with Crippen LogP contribution in [0.5, 0.6) is 5.75 Å². The summed E-state index contributed by atoms with van der Waals surface area (Å²) in [5, 5.41) is 18.5. The normalized spacial score (nSPS) is 18.2. The molecule has 0 bridgehead atoms. The van der Waals surface area contributed by atoms with Gasteiger partial charge in [0.05, 0.1) is 18.2 Å². The van der Waals surface area contributed by atoms with Crippen molar-refractivity contribution in [2.45, 2.75) is 63.8 Å². The van der Waals surface area contributed by atoms with E-state index in [1.807, 2.05) is 6.92 Å². The first kappa shape index (κ1) is 29.8. The lowest BCUT2D eigenvalue weighted by atomic mass is 9.79. The van der Waals surface area contributed by atoms with Crippen molar-refractivity contribution in [1.82, 2.24) is 20.9 Å². The quantitative estimate of drug-likeness (QED) is 0.256. The molecular weight excluding hydrogens is 541 g/mol. The molecule has 9 nitrogen and oxygen atoms in total. The van der Waals surface area contributed by atoms with Crippen molar-refractivity contribution in [2.24, 2.45) is 5.92 Å². The average molecular weight is 575 g/mol. The zero-order valence-corrected chi connectivity index (χ0v) is 22.9. The van der Waals surface area contributed by atoms with E-state index in [-0.39, 0.29) is 42.6 Å². The highest BCUT2D eigenvalue weighted by Gasteiger charge is 2.46. The Morgan fingerprint density at radius 3 is 2.56 bits per heavy atom. The Bertz CT molecular complexity index is 1450. The van der Waals surface area contributed by atoms with Crippen LogP contribution in [0, 0.1) is 5.92 Å². The third kappa shape index (κ3) is 6.26. The molecule has 1 aliphatic carbocycles. The number of hydrogen-bond acceptors (Lipinski definition) is 4. The molecule has 41 heavy (non-hydrogen) atoms. The molecule has 1 heterocycles. The minimum absolute atomic E-state index is 0.0372. The number of fused-ring (bicyclic) bond motifs is 3. The largest absolute Gasteiger partial charge is 0.497 e. The molecule has 4 rings (SSSR count). The number of nitrogens with one attached hydrogen (secondary N) is 4. The van der Waals surface area contributed by atoms with Crippen molar-refractivity contribution in [3.8, 4) is 5.75 Å².